The third kappa shape index (κ3) is 4.12. The Morgan fingerprint density at radius 2 is 1.88 bits per heavy atom. The van der Waals surface area contributed by atoms with Crippen molar-refractivity contribution in [2.45, 2.75) is 33.9 Å². The van der Waals surface area contributed by atoms with Gasteiger partial charge in [0.15, 0.2) is 5.76 Å². The molecule has 2 aliphatic rings. The lowest BCUT2D eigenvalue weighted by Gasteiger charge is -2.30. The number of benzene rings is 3. The van der Waals surface area contributed by atoms with Gasteiger partial charge in [0.05, 0.1) is 17.7 Å². The maximum atomic E-state index is 13.3. The molecule has 0 aliphatic carbocycles. The topological polar surface area (TPSA) is 48.0 Å². The summed E-state index contributed by atoms with van der Waals surface area (Å²) < 4.78 is 18.0. The van der Waals surface area contributed by atoms with Crippen LogP contribution in [0.5, 0.6) is 17.2 Å². The van der Waals surface area contributed by atoms with Crippen molar-refractivity contribution in [3.05, 3.63) is 93.7 Å². The molecule has 5 rings (SSSR count). The van der Waals surface area contributed by atoms with E-state index in [0.717, 1.165) is 34.7 Å². The van der Waals surface area contributed by atoms with E-state index >= 15 is 0 Å². The van der Waals surface area contributed by atoms with Gasteiger partial charge in [0.2, 0.25) is 5.78 Å². The Hall–Kier alpha value is -3.57. The summed E-state index contributed by atoms with van der Waals surface area (Å²) in [5.74, 6) is 2.33. The highest BCUT2D eigenvalue weighted by Gasteiger charge is 2.35. The maximum absolute atomic E-state index is 13.3. The first-order chi connectivity index (χ1) is 16.0. The summed E-state index contributed by atoms with van der Waals surface area (Å²) in [7, 11) is 0. The van der Waals surface area contributed by atoms with E-state index in [9.17, 15) is 4.79 Å². The molecule has 2 heterocycles. The first kappa shape index (κ1) is 21.3. The van der Waals surface area contributed by atoms with Crippen molar-refractivity contribution < 1.29 is 19.0 Å². The van der Waals surface area contributed by atoms with E-state index < -0.39 is 0 Å². The molecule has 0 amide bonds. The average Bonchev–Trinajstić information content (AvgIpc) is 3.14. The molecule has 0 atom stereocenters. The van der Waals surface area contributed by atoms with Crippen molar-refractivity contribution in [3.8, 4) is 17.2 Å². The largest absolute Gasteiger partial charge is 0.493 e. The zero-order valence-corrected chi connectivity index (χ0v) is 19.2. The molecule has 0 spiro atoms. The third-order valence-electron chi connectivity index (χ3n) is 6.02. The lowest BCUT2D eigenvalue weighted by molar-refractivity contribution is 0.0872. The summed E-state index contributed by atoms with van der Waals surface area (Å²) in [5, 5.41) is 0. The van der Waals surface area contributed by atoms with Crippen molar-refractivity contribution in [2.24, 2.45) is 0 Å². The zero-order chi connectivity index (χ0) is 22.9. The standard InChI is InChI=1S/C28H27NO4/c1-4-31-23-8-6-5-7-21(23)14-25-27(30)26-19(3)13-24-22(28(26)33-25)16-29(17-32-24)15-20-11-9-18(2)10-12-20/h5-14H,4,15-17H2,1-3H3/b25-14-. The number of carbonyl (C=O) groups excluding carboxylic acids is 1. The van der Waals surface area contributed by atoms with Crippen LogP contribution in [0.3, 0.4) is 0 Å². The van der Waals surface area contributed by atoms with Gasteiger partial charge in [0.25, 0.3) is 0 Å². The lowest BCUT2D eigenvalue weighted by atomic mass is 9.98. The van der Waals surface area contributed by atoms with E-state index in [0.29, 0.717) is 37.0 Å². The van der Waals surface area contributed by atoms with Gasteiger partial charge in [-0.25, -0.2) is 0 Å². The van der Waals surface area contributed by atoms with Crippen LogP contribution in [0.1, 0.15) is 45.1 Å². The summed E-state index contributed by atoms with van der Waals surface area (Å²) in [6.07, 6.45) is 1.77. The minimum atomic E-state index is -0.104. The molecule has 0 aromatic heterocycles. The Labute approximate surface area is 194 Å². The average molecular weight is 442 g/mol. The molecule has 0 fully saturated rings. The van der Waals surface area contributed by atoms with Crippen molar-refractivity contribution in [2.75, 3.05) is 13.3 Å². The summed E-state index contributed by atoms with van der Waals surface area (Å²) in [4.78, 5) is 15.5. The van der Waals surface area contributed by atoms with E-state index in [1.54, 1.807) is 6.08 Å². The Bertz CT molecular complexity index is 1240. The molecule has 5 heteroatoms. The number of fused-ring (bicyclic) bond motifs is 3. The lowest BCUT2D eigenvalue weighted by Crippen LogP contribution is -2.31. The number of carbonyl (C=O) groups is 1. The SMILES string of the molecule is CCOc1ccccc1/C=C1\Oc2c3c(cc(C)c2C1=O)OCN(Cc1ccc(C)cc1)C3. The number of hydrogen-bond donors (Lipinski definition) is 0. The number of ketones is 1. The maximum Gasteiger partial charge on any atom is 0.232 e. The van der Waals surface area contributed by atoms with Crippen molar-refractivity contribution >= 4 is 11.9 Å². The highest BCUT2D eigenvalue weighted by atomic mass is 16.5. The number of Topliss-reactive ketones (excluding diaryl/α,β-unsaturated/α-hetero) is 1. The smallest absolute Gasteiger partial charge is 0.232 e. The first-order valence-electron chi connectivity index (χ1n) is 11.3. The van der Waals surface area contributed by atoms with Gasteiger partial charge in [-0.1, -0.05) is 48.0 Å². The van der Waals surface area contributed by atoms with E-state index in [2.05, 4.69) is 36.1 Å². The fraction of sp³-hybridized carbons (Fsp3) is 0.250. The first-order valence-corrected chi connectivity index (χ1v) is 11.3. The normalized spacial score (nSPS) is 16.2. The number of para-hydroxylation sites is 1. The fourth-order valence-electron chi connectivity index (χ4n) is 4.36. The summed E-state index contributed by atoms with van der Waals surface area (Å²) >= 11 is 0. The minimum absolute atomic E-state index is 0.104. The van der Waals surface area contributed by atoms with Gasteiger partial charge in [-0.2, -0.15) is 0 Å². The Kier molecular flexibility index (Phi) is 5.65. The minimum Gasteiger partial charge on any atom is -0.493 e. The van der Waals surface area contributed by atoms with Gasteiger partial charge in [-0.3, -0.25) is 9.69 Å². The summed E-state index contributed by atoms with van der Waals surface area (Å²) in [6.45, 7) is 8.42. The second-order valence-electron chi connectivity index (χ2n) is 8.53. The van der Waals surface area contributed by atoms with Crippen molar-refractivity contribution in [1.29, 1.82) is 0 Å². The second-order valence-corrected chi connectivity index (χ2v) is 8.53. The van der Waals surface area contributed by atoms with Crippen LogP contribution in [0, 0.1) is 13.8 Å². The predicted octanol–water partition coefficient (Wildman–Crippen LogP) is 5.67. The van der Waals surface area contributed by atoms with Gasteiger partial charge in [0, 0.05) is 18.7 Å². The van der Waals surface area contributed by atoms with Gasteiger partial charge in [0.1, 0.15) is 24.0 Å². The molecular formula is C28H27NO4. The van der Waals surface area contributed by atoms with Crippen LogP contribution in [-0.4, -0.2) is 24.0 Å². The van der Waals surface area contributed by atoms with Gasteiger partial charge >= 0.3 is 0 Å². The molecular weight excluding hydrogens is 414 g/mol. The summed E-state index contributed by atoms with van der Waals surface area (Å²) in [5.41, 5.74) is 5.69. The Morgan fingerprint density at radius 3 is 2.67 bits per heavy atom. The molecule has 0 saturated carbocycles. The molecule has 0 unspecified atom stereocenters. The molecule has 0 saturated heterocycles. The van der Waals surface area contributed by atoms with Crippen LogP contribution in [0.4, 0.5) is 0 Å². The van der Waals surface area contributed by atoms with Crippen LogP contribution in [-0.2, 0) is 13.1 Å². The molecule has 0 N–H and O–H groups in total. The van der Waals surface area contributed by atoms with Crippen LogP contribution < -0.4 is 14.2 Å². The monoisotopic (exact) mass is 441 g/mol. The number of ether oxygens (including phenoxy) is 3. The van der Waals surface area contributed by atoms with Gasteiger partial charge in [-0.05, 0) is 50.1 Å². The number of nitrogens with zero attached hydrogens (tertiary/aromatic N) is 1. The number of rotatable bonds is 5. The van der Waals surface area contributed by atoms with Crippen molar-refractivity contribution in [3.63, 3.8) is 0 Å². The van der Waals surface area contributed by atoms with E-state index in [-0.39, 0.29) is 5.78 Å². The zero-order valence-electron chi connectivity index (χ0n) is 19.2. The quantitative estimate of drug-likeness (QED) is 0.478. The molecule has 168 valence electrons. The van der Waals surface area contributed by atoms with Crippen LogP contribution in [0.15, 0.2) is 60.4 Å². The second kappa shape index (κ2) is 8.75. The van der Waals surface area contributed by atoms with Crippen LogP contribution in [0.25, 0.3) is 6.08 Å². The van der Waals surface area contributed by atoms with Crippen molar-refractivity contribution in [1.82, 2.24) is 4.90 Å². The molecule has 3 aromatic rings. The molecule has 0 radical (unpaired) electrons. The third-order valence-corrected chi connectivity index (χ3v) is 6.02. The molecule has 2 aliphatic heterocycles. The highest BCUT2D eigenvalue weighted by molar-refractivity contribution is 6.16. The van der Waals surface area contributed by atoms with Crippen LogP contribution in [0.2, 0.25) is 0 Å². The van der Waals surface area contributed by atoms with Gasteiger partial charge < -0.3 is 14.2 Å². The molecule has 3 aromatic carbocycles. The van der Waals surface area contributed by atoms with E-state index in [1.807, 2.05) is 44.2 Å². The number of aryl methyl sites for hydroxylation is 2. The van der Waals surface area contributed by atoms with Crippen LogP contribution >= 0.6 is 0 Å². The van der Waals surface area contributed by atoms with Gasteiger partial charge in [-0.15, -0.1) is 0 Å². The Balaban J connectivity index is 1.46. The number of hydrogen-bond acceptors (Lipinski definition) is 5. The molecule has 5 nitrogen and oxygen atoms in total. The van der Waals surface area contributed by atoms with E-state index in [1.165, 1.54) is 11.1 Å². The molecule has 33 heavy (non-hydrogen) atoms. The summed E-state index contributed by atoms with van der Waals surface area (Å²) in [6, 6.07) is 18.1. The highest BCUT2D eigenvalue weighted by Crippen LogP contribution is 2.44. The predicted molar refractivity (Wildman–Crippen MR) is 128 cm³/mol. The fourth-order valence-corrected chi connectivity index (χ4v) is 4.36. The Morgan fingerprint density at radius 1 is 1.09 bits per heavy atom. The van der Waals surface area contributed by atoms with E-state index in [4.69, 9.17) is 14.2 Å². The number of allylic oxidation sites excluding steroid dienone is 1. The molecule has 0 bridgehead atoms.